The zero-order valence-electron chi connectivity index (χ0n) is 11.1. The number of hydrogen-bond donors (Lipinski definition) is 1. The average molecular weight is 270 g/mol. The molecule has 1 N–H and O–H groups in total. The molecule has 0 bridgehead atoms. The number of aromatic nitrogens is 1. The SMILES string of the molecule is CNCc1nc(N2CC(C)OC(C)C2)ccc1Cl. The van der Waals surface area contributed by atoms with E-state index in [1.807, 2.05) is 19.2 Å². The van der Waals surface area contributed by atoms with Crippen molar-refractivity contribution in [2.45, 2.75) is 32.6 Å². The van der Waals surface area contributed by atoms with E-state index in [9.17, 15) is 0 Å². The van der Waals surface area contributed by atoms with E-state index in [1.54, 1.807) is 0 Å². The van der Waals surface area contributed by atoms with Gasteiger partial charge in [-0.3, -0.25) is 0 Å². The first-order valence-corrected chi connectivity index (χ1v) is 6.68. The topological polar surface area (TPSA) is 37.4 Å². The second-order valence-electron chi connectivity index (χ2n) is 4.79. The summed E-state index contributed by atoms with van der Waals surface area (Å²) in [5.74, 6) is 0.978. The van der Waals surface area contributed by atoms with Crippen molar-refractivity contribution in [3.05, 3.63) is 22.8 Å². The molecular formula is C13H20ClN3O. The van der Waals surface area contributed by atoms with Gasteiger partial charge in [0.15, 0.2) is 0 Å². The number of rotatable bonds is 3. The Kier molecular flexibility index (Phi) is 4.43. The summed E-state index contributed by atoms with van der Waals surface area (Å²) in [6.07, 6.45) is 0.470. The van der Waals surface area contributed by atoms with Gasteiger partial charge in [-0.2, -0.15) is 0 Å². The Morgan fingerprint density at radius 1 is 1.39 bits per heavy atom. The van der Waals surface area contributed by atoms with Crippen molar-refractivity contribution in [1.82, 2.24) is 10.3 Å². The Balaban J connectivity index is 2.19. The average Bonchev–Trinajstić information content (AvgIpc) is 2.31. The van der Waals surface area contributed by atoms with Gasteiger partial charge in [0.05, 0.1) is 22.9 Å². The van der Waals surface area contributed by atoms with Crippen LogP contribution in [0.4, 0.5) is 5.82 Å². The van der Waals surface area contributed by atoms with E-state index in [1.165, 1.54) is 0 Å². The molecule has 18 heavy (non-hydrogen) atoms. The van der Waals surface area contributed by atoms with Crippen molar-refractivity contribution in [3.63, 3.8) is 0 Å². The highest BCUT2D eigenvalue weighted by molar-refractivity contribution is 6.31. The molecule has 1 aromatic heterocycles. The highest BCUT2D eigenvalue weighted by atomic mass is 35.5. The van der Waals surface area contributed by atoms with Gasteiger partial charge < -0.3 is 15.0 Å². The van der Waals surface area contributed by atoms with E-state index in [0.29, 0.717) is 11.6 Å². The van der Waals surface area contributed by atoms with E-state index >= 15 is 0 Å². The predicted octanol–water partition coefficient (Wildman–Crippen LogP) is 2.07. The summed E-state index contributed by atoms with van der Waals surface area (Å²) in [4.78, 5) is 6.89. The summed E-state index contributed by atoms with van der Waals surface area (Å²) in [7, 11) is 1.89. The number of pyridine rings is 1. The van der Waals surface area contributed by atoms with E-state index in [0.717, 1.165) is 24.6 Å². The van der Waals surface area contributed by atoms with Crippen molar-refractivity contribution >= 4 is 17.4 Å². The molecule has 0 amide bonds. The van der Waals surface area contributed by atoms with Crippen molar-refractivity contribution in [2.75, 3.05) is 25.0 Å². The molecule has 2 unspecified atom stereocenters. The fourth-order valence-corrected chi connectivity index (χ4v) is 2.48. The third-order valence-corrected chi connectivity index (χ3v) is 3.34. The van der Waals surface area contributed by atoms with Gasteiger partial charge in [-0.05, 0) is 33.0 Å². The smallest absolute Gasteiger partial charge is 0.129 e. The largest absolute Gasteiger partial charge is 0.372 e. The molecule has 0 saturated carbocycles. The zero-order valence-corrected chi connectivity index (χ0v) is 11.9. The lowest BCUT2D eigenvalue weighted by Crippen LogP contribution is -2.45. The monoisotopic (exact) mass is 269 g/mol. The van der Waals surface area contributed by atoms with Crippen molar-refractivity contribution in [3.8, 4) is 0 Å². The van der Waals surface area contributed by atoms with E-state index in [4.69, 9.17) is 16.3 Å². The number of ether oxygens (including phenoxy) is 1. The maximum absolute atomic E-state index is 6.13. The van der Waals surface area contributed by atoms with Gasteiger partial charge in [-0.25, -0.2) is 4.98 Å². The Bertz CT molecular complexity index is 403. The van der Waals surface area contributed by atoms with Gasteiger partial charge in [-0.15, -0.1) is 0 Å². The molecule has 0 radical (unpaired) electrons. The van der Waals surface area contributed by atoms with Gasteiger partial charge >= 0.3 is 0 Å². The number of nitrogens with one attached hydrogen (secondary N) is 1. The molecule has 4 nitrogen and oxygen atoms in total. The number of halogens is 1. The highest BCUT2D eigenvalue weighted by Crippen LogP contribution is 2.22. The molecule has 2 atom stereocenters. The summed E-state index contributed by atoms with van der Waals surface area (Å²) in [5.41, 5.74) is 0.892. The molecule has 2 heterocycles. The molecular weight excluding hydrogens is 250 g/mol. The molecule has 0 spiro atoms. The van der Waals surface area contributed by atoms with Crippen LogP contribution in [0.25, 0.3) is 0 Å². The second-order valence-corrected chi connectivity index (χ2v) is 5.20. The van der Waals surface area contributed by atoms with Gasteiger partial charge in [0.2, 0.25) is 0 Å². The maximum Gasteiger partial charge on any atom is 0.129 e. The van der Waals surface area contributed by atoms with E-state index in [-0.39, 0.29) is 12.2 Å². The zero-order chi connectivity index (χ0) is 13.1. The first kappa shape index (κ1) is 13.6. The standard InChI is InChI=1S/C13H20ClN3O/c1-9-7-17(8-10(2)18-9)13-5-4-11(14)12(16-13)6-15-3/h4-5,9-10,15H,6-8H2,1-3H3. The third-order valence-electron chi connectivity index (χ3n) is 2.99. The van der Waals surface area contributed by atoms with Crippen LogP contribution in [0.15, 0.2) is 12.1 Å². The van der Waals surface area contributed by atoms with Crippen LogP contribution in [-0.2, 0) is 11.3 Å². The third kappa shape index (κ3) is 3.13. The molecule has 1 aromatic rings. The minimum absolute atomic E-state index is 0.235. The van der Waals surface area contributed by atoms with Crippen LogP contribution in [-0.4, -0.2) is 37.3 Å². The minimum Gasteiger partial charge on any atom is -0.372 e. The minimum atomic E-state index is 0.235. The maximum atomic E-state index is 6.13. The fourth-order valence-electron chi connectivity index (χ4n) is 2.31. The Labute approximate surface area is 113 Å². The molecule has 1 aliphatic heterocycles. The first-order valence-electron chi connectivity index (χ1n) is 6.30. The normalized spacial score (nSPS) is 24.3. The Morgan fingerprint density at radius 2 is 2.06 bits per heavy atom. The van der Waals surface area contributed by atoms with Crippen molar-refractivity contribution < 1.29 is 4.74 Å². The molecule has 2 rings (SSSR count). The number of morpholine rings is 1. The first-order chi connectivity index (χ1) is 8.60. The van der Waals surface area contributed by atoms with E-state index < -0.39 is 0 Å². The number of anilines is 1. The summed E-state index contributed by atoms with van der Waals surface area (Å²) in [6.45, 7) is 6.61. The van der Waals surface area contributed by atoms with Crippen LogP contribution in [0, 0.1) is 0 Å². The summed E-state index contributed by atoms with van der Waals surface area (Å²) >= 11 is 6.13. The molecule has 0 aliphatic carbocycles. The summed E-state index contributed by atoms with van der Waals surface area (Å²) < 4.78 is 5.73. The molecule has 1 aliphatic rings. The number of nitrogens with zero attached hydrogens (tertiary/aromatic N) is 2. The molecule has 0 aromatic carbocycles. The lowest BCUT2D eigenvalue weighted by molar-refractivity contribution is -0.00546. The molecule has 1 saturated heterocycles. The van der Waals surface area contributed by atoms with Gasteiger partial charge in [-0.1, -0.05) is 11.6 Å². The number of hydrogen-bond acceptors (Lipinski definition) is 4. The van der Waals surface area contributed by atoms with Crippen LogP contribution in [0.3, 0.4) is 0 Å². The second kappa shape index (κ2) is 5.87. The van der Waals surface area contributed by atoms with E-state index in [2.05, 4.69) is 29.0 Å². The summed E-state index contributed by atoms with van der Waals surface area (Å²) in [6, 6.07) is 3.90. The summed E-state index contributed by atoms with van der Waals surface area (Å²) in [5, 5.41) is 3.79. The Hall–Kier alpha value is -0.840. The fraction of sp³-hybridized carbons (Fsp3) is 0.615. The van der Waals surface area contributed by atoms with Crippen LogP contribution in [0.2, 0.25) is 5.02 Å². The van der Waals surface area contributed by atoms with Gasteiger partial charge in [0, 0.05) is 19.6 Å². The van der Waals surface area contributed by atoms with Crippen LogP contribution < -0.4 is 10.2 Å². The van der Waals surface area contributed by atoms with Crippen LogP contribution >= 0.6 is 11.6 Å². The van der Waals surface area contributed by atoms with Gasteiger partial charge in [0.1, 0.15) is 5.82 Å². The van der Waals surface area contributed by atoms with Crippen LogP contribution in [0.1, 0.15) is 19.5 Å². The molecule has 1 fully saturated rings. The highest BCUT2D eigenvalue weighted by Gasteiger charge is 2.23. The van der Waals surface area contributed by atoms with Crippen molar-refractivity contribution in [2.24, 2.45) is 0 Å². The Morgan fingerprint density at radius 3 is 2.67 bits per heavy atom. The van der Waals surface area contributed by atoms with Crippen LogP contribution in [0.5, 0.6) is 0 Å². The molecule has 100 valence electrons. The van der Waals surface area contributed by atoms with Crippen molar-refractivity contribution in [1.29, 1.82) is 0 Å². The van der Waals surface area contributed by atoms with Gasteiger partial charge in [0.25, 0.3) is 0 Å². The lowest BCUT2D eigenvalue weighted by atomic mass is 10.2. The molecule has 5 heteroatoms. The predicted molar refractivity (Wildman–Crippen MR) is 74.2 cm³/mol. The lowest BCUT2D eigenvalue weighted by Gasteiger charge is -2.36. The quantitative estimate of drug-likeness (QED) is 0.912.